The van der Waals surface area contributed by atoms with Gasteiger partial charge in [0.25, 0.3) is 0 Å². The third-order valence-electron chi connectivity index (χ3n) is 3.98. The molecule has 2 heterocycles. The molecule has 0 aliphatic carbocycles. The molecule has 0 radical (unpaired) electrons. The molecule has 5 nitrogen and oxygen atoms in total. The summed E-state index contributed by atoms with van der Waals surface area (Å²) in [6.45, 7) is 14.5. The molecular weight excluding hydrogens is 412 g/mol. The zero-order valence-electron chi connectivity index (χ0n) is 17.7. The fourth-order valence-corrected chi connectivity index (χ4v) is 4.51. The molecule has 0 atom stereocenters. The van der Waals surface area contributed by atoms with Gasteiger partial charge in [-0.05, 0) is 29.7 Å². The summed E-state index contributed by atoms with van der Waals surface area (Å²) < 4.78 is 6.45. The predicted molar refractivity (Wildman–Crippen MR) is 132 cm³/mol. The minimum atomic E-state index is 0.0416. The minimum Gasteiger partial charge on any atom is -0.495 e. The van der Waals surface area contributed by atoms with Crippen molar-refractivity contribution < 1.29 is 4.74 Å². The number of aromatic nitrogens is 2. The molecule has 156 valence electrons. The van der Waals surface area contributed by atoms with Crippen molar-refractivity contribution in [2.75, 3.05) is 17.7 Å². The monoisotopic (exact) mass is 438 g/mol. The normalized spacial score (nSPS) is 12.3. The van der Waals surface area contributed by atoms with Gasteiger partial charge < -0.3 is 15.4 Å². The zero-order chi connectivity index (χ0) is 21.7. The molecule has 2 aromatic heterocycles. The van der Waals surface area contributed by atoms with E-state index in [0.717, 1.165) is 38.1 Å². The van der Waals surface area contributed by atoms with E-state index in [2.05, 4.69) is 49.5 Å². The van der Waals surface area contributed by atoms with Crippen LogP contribution in [0.5, 0.6) is 5.75 Å². The van der Waals surface area contributed by atoms with Crippen LogP contribution in [-0.4, -0.2) is 21.8 Å². The number of rotatable bonds is 8. The summed E-state index contributed by atoms with van der Waals surface area (Å²) in [6, 6.07) is 9.66. The highest BCUT2D eigenvalue weighted by Gasteiger charge is 2.17. The van der Waals surface area contributed by atoms with Crippen LogP contribution in [0.2, 0.25) is 0 Å². The Morgan fingerprint density at radius 1 is 1.13 bits per heavy atom. The van der Waals surface area contributed by atoms with Crippen molar-refractivity contribution in [3.63, 3.8) is 0 Å². The summed E-state index contributed by atoms with van der Waals surface area (Å²) >= 11 is 3.32. The lowest BCUT2D eigenvalue weighted by molar-refractivity contribution is 0.417. The van der Waals surface area contributed by atoms with Crippen molar-refractivity contribution in [1.29, 1.82) is 0 Å². The Balaban J connectivity index is 2.02. The maximum Gasteiger partial charge on any atom is 0.229 e. The Morgan fingerprint density at radius 2 is 1.90 bits per heavy atom. The standard InChI is InChI=1S/C23H26N4OS2/c1-7-15(19(8-2)30-23(3,4)5)24-21-20-17(13-14-29-20)26-22(27-21)25-16-11-9-10-12-18(16)28-6/h7-14H,1-2H2,3-6H3,(H2,24,25,26,27)/b19-15-. The number of allylic oxidation sites excluding steroid dienone is 2. The van der Waals surface area contributed by atoms with E-state index in [1.165, 1.54) is 0 Å². The number of thioether (sulfide) groups is 1. The molecule has 0 unspecified atom stereocenters. The molecule has 0 spiro atoms. The van der Waals surface area contributed by atoms with Crippen LogP contribution in [0.3, 0.4) is 0 Å². The second kappa shape index (κ2) is 9.36. The summed E-state index contributed by atoms with van der Waals surface area (Å²) in [7, 11) is 1.64. The zero-order valence-corrected chi connectivity index (χ0v) is 19.3. The number of hydrogen-bond acceptors (Lipinski definition) is 7. The number of methoxy groups -OCH3 is 1. The van der Waals surface area contributed by atoms with E-state index in [0.29, 0.717) is 5.95 Å². The van der Waals surface area contributed by atoms with Crippen molar-refractivity contribution in [1.82, 2.24) is 9.97 Å². The van der Waals surface area contributed by atoms with E-state index in [-0.39, 0.29) is 4.75 Å². The largest absolute Gasteiger partial charge is 0.495 e. The molecule has 0 aliphatic rings. The highest BCUT2D eigenvalue weighted by molar-refractivity contribution is 8.04. The van der Waals surface area contributed by atoms with Gasteiger partial charge in [0.1, 0.15) is 5.75 Å². The lowest BCUT2D eigenvalue weighted by Gasteiger charge is -2.20. The number of nitrogens with zero attached hydrogens (tertiary/aromatic N) is 2. The number of para-hydroxylation sites is 2. The first-order valence-electron chi connectivity index (χ1n) is 9.45. The van der Waals surface area contributed by atoms with Gasteiger partial charge in [-0.3, -0.25) is 0 Å². The summed E-state index contributed by atoms with van der Waals surface area (Å²) in [5.74, 6) is 1.93. The van der Waals surface area contributed by atoms with Gasteiger partial charge in [0, 0.05) is 9.65 Å². The Bertz CT molecular complexity index is 1100. The van der Waals surface area contributed by atoms with Crippen LogP contribution in [-0.2, 0) is 0 Å². The summed E-state index contributed by atoms with van der Waals surface area (Å²) in [4.78, 5) is 10.4. The Morgan fingerprint density at radius 3 is 2.57 bits per heavy atom. The fourth-order valence-electron chi connectivity index (χ4n) is 2.75. The Kier molecular flexibility index (Phi) is 6.84. The summed E-state index contributed by atoms with van der Waals surface area (Å²) in [6.07, 6.45) is 3.64. The molecule has 1 aromatic carbocycles. The van der Waals surface area contributed by atoms with Gasteiger partial charge >= 0.3 is 0 Å². The molecule has 3 aromatic rings. The lowest BCUT2D eigenvalue weighted by atomic mass is 10.3. The van der Waals surface area contributed by atoms with Gasteiger partial charge in [0.2, 0.25) is 5.95 Å². The van der Waals surface area contributed by atoms with Crippen molar-refractivity contribution in [2.24, 2.45) is 0 Å². The van der Waals surface area contributed by atoms with E-state index in [1.807, 2.05) is 41.8 Å². The average Bonchev–Trinajstić information content (AvgIpc) is 3.19. The smallest absolute Gasteiger partial charge is 0.229 e. The molecule has 0 amide bonds. The average molecular weight is 439 g/mol. The first-order valence-corrected chi connectivity index (χ1v) is 11.1. The number of nitrogens with one attached hydrogen (secondary N) is 2. The second-order valence-electron chi connectivity index (χ2n) is 7.38. The van der Waals surface area contributed by atoms with E-state index in [9.17, 15) is 0 Å². The van der Waals surface area contributed by atoms with Crippen molar-refractivity contribution in [3.05, 3.63) is 71.6 Å². The molecule has 0 saturated carbocycles. The molecule has 3 rings (SSSR count). The SMILES string of the molecule is C=C/C(Nc1nc(Nc2ccccc2OC)nc2ccsc12)=C(\C=C)SC(C)(C)C. The topological polar surface area (TPSA) is 59.1 Å². The van der Waals surface area contributed by atoms with Crippen LogP contribution < -0.4 is 15.4 Å². The van der Waals surface area contributed by atoms with E-state index in [1.54, 1.807) is 36.3 Å². The van der Waals surface area contributed by atoms with Gasteiger partial charge in [-0.1, -0.05) is 52.1 Å². The third-order valence-corrected chi connectivity index (χ3v) is 6.11. The van der Waals surface area contributed by atoms with Crippen LogP contribution in [0, 0.1) is 0 Å². The second-order valence-corrected chi connectivity index (χ2v) is 10.2. The molecular formula is C23H26N4OS2. The molecule has 0 fully saturated rings. The maximum atomic E-state index is 5.43. The molecule has 0 aliphatic heterocycles. The number of anilines is 3. The van der Waals surface area contributed by atoms with Crippen LogP contribution in [0.1, 0.15) is 20.8 Å². The fraction of sp³-hybridized carbons (Fsp3) is 0.217. The third kappa shape index (κ3) is 5.23. The Labute approximate surface area is 186 Å². The first kappa shape index (κ1) is 21.9. The Hall–Kier alpha value is -2.77. The molecule has 30 heavy (non-hydrogen) atoms. The van der Waals surface area contributed by atoms with Crippen LogP contribution in [0.15, 0.2) is 71.6 Å². The molecule has 0 bridgehead atoms. The molecule has 7 heteroatoms. The van der Waals surface area contributed by atoms with Crippen molar-refractivity contribution in [2.45, 2.75) is 25.5 Å². The minimum absolute atomic E-state index is 0.0416. The highest BCUT2D eigenvalue weighted by atomic mass is 32.2. The number of ether oxygens (including phenoxy) is 1. The van der Waals surface area contributed by atoms with Crippen LogP contribution in [0.4, 0.5) is 17.5 Å². The quantitative estimate of drug-likeness (QED) is 0.370. The highest BCUT2D eigenvalue weighted by Crippen LogP contribution is 2.36. The van der Waals surface area contributed by atoms with Crippen molar-refractivity contribution in [3.8, 4) is 5.75 Å². The van der Waals surface area contributed by atoms with Gasteiger partial charge in [-0.25, -0.2) is 4.98 Å². The summed E-state index contributed by atoms with van der Waals surface area (Å²) in [5.41, 5.74) is 2.53. The van der Waals surface area contributed by atoms with Gasteiger partial charge in [-0.15, -0.1) is 23.1 Å². The van der Waals surface area contributed by atoms with Gasteiger partial charge in [0.15, 0.2) is 5.82 Å². The van der Waals surface area contributed by atoms with E-state index >= 15 is 0 Å². The van der Waals surface area contributed by atoms with Crippen LogP contribution in [0.25, 0.3) is 10.2 Å². The number of thiophene rings is 1. The van der Waals surface area contributed by atoms with Crippen molar-refractivity contribution >= 4 is 50.8 Å². The number of benzene rings is 1. The molecule has 0 saturated heterocycles. The first-order chi connectivity index (χ1) is 14.3. The van der Waals surface area contributed by atoms with E-state index in [4.69, 9.17) is 9.72 Å². The van der Waals surface area contributed by atoms with Gasteiger partial charge in [-0.2, -0.15) is 4.98 Å². The lowest BCUT2D eigenvalue weighted by Crippen LogP contribution is -2.10. The van der Waals surface area contributed by atoms with E-state index < -0.39 is 0 Å². The van der Waals surface area contributed by atoms with Crippen LogP contribution >= 0.6 is 23.1 Å². The van der Waals surface area contributed by atoms with Gasteiger partial charge in [0.05, 0.1) is 28.7 Å². The summed E-state index contributed by atoms with van der Waals surface area (Å²) in [5, 5.41) is 8.72. The maximum absolute atomic E-state index is 5.43. The number of hydrogen-bond donors (Lipinski definition) is 2. The number of fused-ring (bicyclic) bond motifs is 1. The molecule has 2 N–H and O–H groups in total. The predicted octanol–water partition coefficient (Wildman–Crippen LogP) is 6.97.